The van der Waals surface area contributed by atoms with Gasteiger partial charge in [0.05, 0.1) is 0 Å². The van der Waals surface area contributed by atoms with Crippen LogP contribution in [0.25, 0.3) is 0 Å². The molecule has 0 saturated heterocycles. The molecule has 1 fully saturated rings. The molecule has 0 bridgehead atoms. The zero-order chi connectivity index (χ0) is 11.5. The molecule has 1 aromatic rings. The fourth-order valence-electron chi connectivity index (χ4n) is 2.61. The molecule has 0 spiro atoms. The van der Waals surface area contributed by atoms with E-state index >= 15 is 0 Å². The lowest BCUT2D eigenvalue weighted by Gasteiger charge is -2.23. The van der Waals surface area contributed by atoms with E-state index in [4.69, 9.17) is 11.6 Å². The Kier molecular flexibility index (Phi) is 3.65. The third-order valence-corrected chi connectivity index (χ3v) is 3.67. The number of ketones is 1. The summed E-state index contributed by atoms with van der Waals surface area (Å²) in [6.45, 7) is 1.63. The van der Waals surface area contributed by atoms with Crippen molar-refractivity contribution in [2.45, 2.75) is 44.9 Å². The Morgan fingerprint density at radius 2 is 1.94 bits per heavy atom. The van der Waals surface area contributed by atoms with Crippen molar-refractivity contribution in [1.82, 2.24) is 0 Å². The lowest BCUT2D eigenvalue weighted by Crippen LogP contribution is -2.09. The first-order chi connectivity index (χ1) is 7.68. The Morgan fingerprint density at radius 3 is 2.56 bits per heavy atom. The predicted octanol–water partition coefficient (Wildman–Crippen LogP) is 4.59. The SMILES string of the molecule is CC(=O)c1ccc(Cl)cc1C1CCCCC1. The van der Waals surface area contributed by atoms with Gasteiger partial charge in [-0.15, -0.1) is 0 Å². The average Bonchev–Trinajstić information content (AvgIpc) is 2.29. The second-order valence-electron chi connectivity index (χ2n) is 4.62. The monoisotopic (exact) mass is 236 g/mol. The van der Waals surface area contributed by atoms with E-state index < -0.39 is 0 Å². The van der Waals surface area contributed by atoms with E-state index in [9.17, 15) is 4.79 Å². The fourth-order valence-corrected chi connectivity index (χ4v) is 2.79. The van der Waals surface area contributed by atoms with Crippen molar-refractivity contribution in [3.63, 3.8) is 0 Å². The van der Waals surface area contributed by atoms with Crippen LogP contribution >= 0.6 is 11.6 Å². The van der Waals surface area contributed by atoms with E-state index in [1.54, 1.807) is 6.92 Å². The van der Waals surface area contributed by atoms with Crippen LogP contribution in [0.2, 0.25) is 5.02 Å². The molecule has 0 aliphatic heterocycles. The van der Waals surface area contributed by atoms with Crippen LogP contribution in [0.4, 0.5) is 0 Å². The fraction of sp³-hybridized carbons (Fsp3) is 0.500. The zero-order valence-corrected chi connectivity index (χ0v) is 10.4. The minimum Gasteiger partial charge on any atom is -0.295 e. The molecule has 0 heterocycles. The molecule has 0 aromatic heterocycles. The van der Waals surface area contributed by atoms with Gasteiger partial charge in [-0.2, -0.15) is 0 Å². The van der Waals surface area contributed by atoms with Crippen molar-refractivity contribution in [3.05, 3.63) is 34.3 Å². The summed E-state index contributed by atoms with van der Waals surface area (Å²) in [5, 5.41) is 0.741. The second-order valence-corrected chi connectivity index (χ2v) is 5.06. The van der Waals surface area contributed by atoms with Crippen molar-refractivity contribution in [1.29, 1.82) is 0 Å². The molecule has 1 saturated carbocycles. The molecule has 16 heavy (non-hydrogen) atoms. The summed E-state index contributed by atoms with van der Waals surface area (Å²) in [5.74, 6) is 0.684. The van der Waals surface area contributed by atoms with E-state index in [2.05, 4.69) is 0 Å². The molecule has 1 nitrogen and oxygen atoms in total. The predicted molar refractivity (Wildman–Crippen MR) is 67.3 cm³/mol. The topological polar surface area (TPSA) is 17.1 Å². The normalized spacial score (nSPS) is 17.4. The van der Waals surface area contributed by atoms with Crippen LogP contribution < -0.4 is 0 Å². The molecule has 86 valence electrons. The van der Waals surface area contributed by atoms with Crippen LogP contribution in [0.5, 0.6) is 0 Å². The molecular weight excluding hydrogens is 220 g/mol. The molecule has 2 rings (SSSR count). The minimum absolute atomic E-state index is 0.150. The smallest absolute Gasteiger partial charge is 0.160 e. The molecule has 1 aliphatic carbocycles. The first-order valence-electron chi connectivity index (χ1n) is 5.99. The van der Waals surface area contributed by atoms with Gasteiger partial charge in [-0.05, 0) is 49.4 Å². The van der Waals surface area contributed by atoms with Gasteiger partial charge in [-0.3, -0.25) is 4.79 Å². The first kappa shape index (κ1) is 11.7. The summed E-state index contributed by atoms with van der Waals surface area (Å²) < 4.78 is 0. The van der Waals surface area contributed by atoms with Gasteiger partial charge < -0.3 is 0 Å². The van der Waals surface area contributed by atoms with Gasteiger partial charge in [-0.25, -0.2) is 0 Å². The largest absolute Gasteiger partial charge is 0.295 e. The number of carbonyl (C=O) groups excluding carboxylic acids is 1. The number of carbonyl (C=O) groups is 1. The molecule has 0 amide bonds. The number of Topliss-reactive ketones (excluding diaryl/α,β-unsaturated/α-hetero) is 1. The van der Waals surface area contributed by atoms with E-state index in [1.807, 2.05) is 18.2 Å². The van der Waals surface area contributed by atoms with Gasteiger partial charge in [0, 0.05) is 10.6 Å². The van der Waals surface area contributed by atoms with Gasteiger partial charge in [0.25, 0.3) is 0 Å². The molecule has 0 N–H and O–H groups in total. The van der Waals surface area contributed by atoms with Crippen molar-refractivity contribution in [2.75, 3.05) is 0 Å². The van der Waals surface area contributed by atoms with Crippen LogP contribution in [-0.2, 0) is 0 Å². The van der Waals surface area contributed by atoms with Crippen molar-refractivity contribution < 1.29 is 4.79 Å². The maximum absolute atomic E-state index is 11.6. The molecule has 1 aromatic carbocycles. The summed E-state index contributed by atoms with van der Waals surface area (Å²) >= 11 is 6.03. The molecule has 1 aliphatic rings. The summed E-state index contributed by atoms with van der Waals surface area (Å²) in [7, 11) is 0. The number of benzene rings is 1. The number of hydrogen-bond acceptors (Lipinski definition) is 1. The Bertz CT molecular complexity index is 392. The molecule has 0 radical (unpaired) electrons. The van der Waals surface area contributed by atoms with E-state index in [0.29, 0.717) is 5.92 Å². The maximum atomic E-state index is 11.6. The van der Waals surface area contributed by atoms with E-state index in [1.165, 1.54) is 37.7 Å². The van der Waals surface area contributed by atoms with Gasteiger partial charge in [0.15, 0.2) is 5.78 Å². The van der Waals surface area contributed by atoms with Crippen molar-refractivity contribution >= 4 is 17.4 Å². The third kappa shape index (κ3) is 2.46. The first-order valence-corrected chi connectivity index (χ1v) is 6.36. The highest BCUT2D eigenvalue weighted by molar-refractivity contribution is 6.30. The average molecular weight is 237 g/mol. The summed E-state index contributed by atoms with van der Waals surface area (Å²) in [6.07, 6.45) is 6.26. The Balaban J connectivity index is 2.36. The second kappa shape index (κ2) is 5.01. The summed E-state index contributed by atoms with van der Waals surface area (Å²) in [4.78, 5) is 11.6. The quantitative estimate of drug-likeness (QED) is 0.687. The Morgan fingerprint density at radius 1 is 1.25 bits per heavy atom. The van der Waals surface area contributed by atoms with Crippen molar-refractivity contribution in [3.8, 4) is 0 Å². The van der Waals surface area contributed by atoms with Crippen LogP contribution in [0.1, 0.15) is 60.9 Å². The zero-order valence-electron chi connectivity index (χ0n) is 9.63. The minimum atomic E-state index is 0.150. The molecule has 2 heteroatoms. The molecular formula is C14H17ClO. The number of rotatable bonds is 2. The summed E-state index contributed by atoms with van der Waals surface area (Å²) in [5.41, 5.74) is 2.02. The van der Waals surface area contributed by atoms with E-state index in [0.717, 1.165) is 10.6 Å². The standard InChI is InChI=1S/C14H17ClO/c1-10(16)13-8-7-12(15)9-14(13)11-5-3-2-4-6-11/h7-9,11H,2-6H2,1H3. The molecule has 0 atom stereocenters. The van der Waals surface area contributed by atoms with Crippen LogP contribution in [0.15, 0.2) is 18.2 Å². The number of halogens is 1. The van der Waals surface area contributed by atoms with Gasteiger partial charge in [0.1, 0.15) is 0 Å². The van der Waals surface area contributed by atoms with Gasteiger partial charge >= 0.3 is 0 Å². The maximum Gasteiger partial charge on any atom is 0.160 e. The van der Waals surface area contributed by atoms with Crippen LogP contribution in [0, 0.1) is 0 Å². The highest BCUT2D eigenvalue weighted by atomic mass is 35.5. The van der Waals surface area contributed by atoms with Gasteiger partial charge in [-0.1, -0.05) is 30.9 Å². The highest BCUT2D eigenvalue weighted by Crippen LogP contribution is 2.35. The highest BCUT2D eigenvalue weighted by Gasteiger charge is 2.20. The van der Waals surface area contributed by atoms with E-state index in [-0.39, 0.29) is 5.78 Å². The van der Waals surface area contributed by atoms with Crippen LogP contribution in [-0.4, -0.2) is 5.78 Å². The third-order valence-electron chi connectivity index (χ3n) is 3.44. The Hall–Kier alpha value is -0.820. The lowest BCUT2D eigenvalue weighted by molar-refractivity contribution is 0.101. The van der Waals surface area contributed by atoms with Gasteiger partial charge in [0.2, 0.25) is 0 Å². The van der Waals surface area contributed by atoms with Crippen molar-refractivity contribution in [2.24, 2.45) is 0 Å². The lowest BCUT2D eigenvalue weighted by atomic mass is 9.81. The number of hydrogen-bond donors (Lipinski definition) is 0. The Labute approximate surface area is 102 Å². The summed E-state index contributed by atoms with van der Waals surface area (Å²) in [6, 6.07) is 5.66. The molecule has 0 unspecified atom stereocenters. The van der Waals surface area contributed by atoms with Crippen LogP contribution in [0.3, 0.4) is 0 Å².